The number of amides is 1. The van der Waals surface area contributed by atoms with Gasteiger partial charge in [0.1, 0.15) is 5.82 Å². The minimum atomic E-state index is 0.145. The second kappa shape index (κ2) is 9.00. The average Bonchev–Trinajstić information content (AvgIpc) is 3.61. The third-order valence-electron chi connectivity index (χ3n) is 7.29. The maximum Gasteiger partial charge on any atom is 0.226 e. The number of likely N-dealkylation sites (tertiary alicyclic amines) is 1. The fourth-order valence-corrected chi connectivity index (χ4v) is 5.44. The number of rotatable bonds is 5. The number of hydrogen-bond donors (Lipinski definition) is 1. The average molecular weight is 486 g/mol. The number of aromatic nitrogens is 3. The number of nitrogens with zero attached hydrogens (tertiary/aromatic N) is 4. The lowest BCUT2D eigenvalue weighted by molar-refractivity contribution is -0.133. The van der Waals surface area contributed by atoms with E-state index in [1.807, 2.05) is 54.0 Å². The Hall–Kier alpha value is -3.38. The van der Waals surface area contributed by atoms with Crippen molar-refractivity contribution in [1.29, 1.82) is 0 Å². The van der Waals surface area contributed by atoms with Gasteiger partial charge in [-0.15, -0.1) is 0 Å². The summed E-state index contributed by atoms with van der Waals surface area (Å²) in [6.07, 6.45) is 4.61. The molecule has 2 atom stereocenters. The Morgan fingerprint density at radius 1 is 1.06 bits per heavy atom. The topological polar surface area (TPSA) is 62.5 Å². The number of fused-ring (bicyclic) bond motifs is 1. The van der Waals surface area contributed by atoms with Crippen LogP contribution in [0.15, 0.2) is 66.9 Å². The molecule has 2 aliphatic rings. The first-order chi connectivity index (χ1) is 17.1. The van der Waals surface area contributed by atoms with Crippen LogP contribution in [0, 0.1) is 12.8 Å². The van der Waals surface area contributed by atoms with Crippen LogP contribution in [-0.4, -0.2) is 44.5 Å². The molecule has 3 heterocycles. The third kappa shape index (κ3) is 4.27. The third-order valence-corrected chi connectivity index (χ3v) is 7.62. The summed E-state index contributed by atoms with van der Waals surface area (Å²) < 4.78 is 1.86. The molecule has 7 heteroatoms. The molecule has 0 spiro atoms. The Labute approximate surface area is 209 Å². The predicted octanol–water partition coefficient (Wildman–Crippen LogP) is 5.56. The van der Waals surface area contributed by atoms with Crippen LogP contribution in [0.5, 0.6) is 0 Å². The number of benzene rings is 2. The largest absolute Gasteiger partial charge is 0.367 e. The van der Waals surface area contributed by atoms with Crippen molar-refractivity contribution in [2.45, 2.75) is 38.1 Å². The fourth-order valence-electron chi connectivity index (χ4n) is 5.21. The van der Waals surface area contributed by atoms with Gasteiger partial charge in [-0.2, -0.15) is 9.61 Å². The van der Waals surface area contributed by atoms with Crippen molar-refractivity contribution in [1.82, 2.24) is 19.5 Å². The van der Waals surface area contributed by atoms with Gasteiger partial charge in [0.15, 0.2) is 5.65 Å². The van der Waals surface area contributed by atoms with Gasteiger partial charge >= 0.3 is 0 Å². The standard InChI is InChI=1S/C28H28ClN5O/c1-18-17-30-34-26(16-25(32-27(18)34)21-9-5-6-10-24(21)29)31-20-11-13-33(14-12-20)28(35)23-15-22(23)19-7-3-2-4-8-19/h2-10,16-17,20,22-23,31H,11-15H2,1H3/t22-,23+/m0/s1. The van der Waals surface area contributed by atoms with Crippen molar-refractivity contribution in [3.8, 4) is 11.3 Å². The van der Waals surface area contributed by atoms with Crippen LogP contribution < -0.4 is 5.32 Å². The van der Waals surface area contributed by atoms with Gasteiger partial charge in [-0.25, -0.2) is 4.98 Å². The van der Waals surface area contributed by atoms with Crippen LogP contribution in [0.4, 0.5) is 5.82 Å². The van der Waals surface area contributed by atoms with E-state index in [9.17, 15) is 4.79 Å². The molecule has 0 radical (unpaired) electrons. The van der Waals surface area contributed by atoms with Crippen molar-refractivity contribution >= 4 is 29.0 Å². The summed E-state index contributed by atoms with van der Waals surface area (Å²) in [5.41, 5.74) is 4.84. The van der Waals surface area contributed by atoms with E-state index in [2.05, 4.69) is 39.6 Å². The van der Waals surface area contributed by atoms with Crippen molar-refractivity contribution in [3.63, 3.8) is 0 Å². The SMILES string of the molecule is Cc1cnn2c(NC3CCN(C(=O)[C@@H]4C[C@H]4c4ccccc4)CC3)cc(-c3ccccc3Cl)nc12. The summed E-state index contributed by atoms with van der Waals surface area (Å²) in [4.78, 5) is 20.0. The van der Waals surface area contributed by atoms with E-state index in [4.69, 9.17) is 16.6 Å². The van der Waals surface area contributed by atoms with Gasteiger partial charge in [0.2, 0.25) is 5.91 Å². The molecule has 1 saturated carbocycles. The van der Waals surface area contributed by atoms with E-state index in [-0.39, 0.29) is 12.0 Å². The summed E-state index contributed by atoms with van der Waals surface area (Å²) in [7, 11) is 0. The van der Waals surface area contributed by atoms with Gasteiger partial charge in [0.25, 0.3) is 0 Å². The molecule has 6 nitrogen and oxygen atoms in total. The second-order valence-corrected chi connectivity index (χ2v) is 10.1. The highest BCUT2D eigenvalue weighted by molar-refractivity contribution is 6.33. The highest BCUT2D eigenvalue weighted by atomic mass is 35.5. The number of anilines is 1. The van der Waals surface area contributed by atoms with E-state index < -0.39 is 0 Å². The summed E-state index contributed by atoms with van der Waals surface area (Å²) in [5, 5.41) is 8.91. The maximum absolute atomic E-state index is 13.1. The molecule has 2 aromatic heterocycles. The molecule has 178 valence electrons. The molecule has 0 bridgehead atoms. The zero-order valence-electron chi connectivity index (χ0n) is 19.7. The summed E-state index contributed by atoms with van der Waals surface area (Å²) >= 11 is 6.47. The number of nitrogens with one attached hydrogen (secondary N) is 1. The zero-order chi connectivity index (χ0) is 23.9. The van der Waals surface area contributed by atoms with Crippen LogP contribution in [0.2, 0.25) is 5.02 Å². The molecule has 1 aliphatic heterocycles. The van der Waals surface area contributed by atoms with Gasteiger partial charge in [0, 0.05) is 47.3 Å². The lowest BCUT2D eigenvalue weighted by atomic mass is 10.0. The Morgan fingerprint density at radius 3 is 2.57 bits per heavy atom. The van der Waals surface area contributed by atoms with Gasteiger partial charge in [-0.05, 0) is 43.7 Å². The van der Waals surface area contributed by atoms with Crippen molar-refractivity contribution in [2.24, 2.45) is 5.92 Å². The first kappa shape index (κ1) is 22.1. The molecule has 1 aliphatic carbocycles. The predicted molar refractivity (Wildman–Crippen MR) is 139 cm³/mol. The quantitative estimate of drug-likeness (QED) is 0.401. The number of piperidine rings is 1. The smallest absolute Gasteiger partial charge is 0.226 e. The van der Waals surface area contributed by atoms with Gasteiger partial charge in [-0.3, -0.25) is 4.79 Å². The van der Waals surface area contributed by atoms with Crippen molar-refractivity contribution in [2.75, 3.05) is 18.4 Å². The summed E-state index contributed by atoms with van der Waals surface area (Å²) in [5.74, 6) is 1.74. The number of halogens is 1. The highest BCUT2D eigenvalue weighted by Crippen LogP contribution is 2.48. The molecule has 0 unspecified atom stereocenters. The minimum Gasteiger partial charge on any atom is -0.367 e. The van der Waals surface area contributed by atoms with E-state index in [0.29, 0.717) is 16.8 Å². The number of hydrogen-bond acceptors (Lipinski definition) is 4. The monoisotopic (exact) mass is 485 g/mol. The van der Waals surface area contributed by atoms with Gasteiger partial charge < -0.3 is 10.2 Å². The van der Waals surface area contributed by atoms with Crippen LogP contribution >= 0.6 is 11.6 Å². The molecule has 1 amide bonds. The zero-order valence-corrected chi connectivity index (χ0v) is 20.4. The summed E-state index contributed by atoms with van der Waals surface area (Å²) in [6.45, 7) is 3.57. The molecule has 6 rings (SSSR count). The van der Waals surface area contributed by atoms with Gasteiger partial charge in [-0.1, -0.05) is 60.1 Å². The molecule has 1 N–H and O–H groups in total. The van der Waals surface area contributed by atoms with Crippen molar-refractivity contribution < 1.29 is 4.79 Å². The molecule has 4 aromatic rings. The number of aryl methyl sites for hydroxylation is 1. The Morgan fingerprint density at radius 2 is 1.80 bits per heavy atom. The molecule has 2 fully saturated rings. The summed E-state index contributed by atoms with van der Waals surface area (Å²) in [6, 6.07) is 20.5. The minimum absolute atomic E-state index is 0.145. The van der Waals surface area contributed by atoms with E-state index in [1.54, 1.807) is 0 Å². The Bertz CT molecular complexity index is 1380. The Balaban J connectivity index is 1.15. The normalized spacial score (nSPS) is 20.2. The first-order valence-corrected chi connectivity index (χ1v) is 12.7. The highest BCUT2D eigenvalue weighted by Gasteiger charge is 2.46. The lowest BCUT2D eigenvalue weighted by Crippen LogP contribution is -2.43. The molecule has 35 heavy (non-hydrogen) atoms. The van der Waals surface area contributed by atoms with Crippen LogP contribution in [0.25, 0.3) is 16.9 Å². The fraction of sp³-hybridized carbons (Fsp3) is 0.321. The molecular formula is C28H28ClN5O. The van der Waals surface area contributed by atoms with E-state index in [0.717, 1.165) is 60.6 Å². The molecule has 2 aromatic carbocycles. The van der Waals surface area contributed by atoms with E-state index in [1.165, 1.54) is 5.56 Å². The molecule has 1 saturated heterocycles. The number of carbonyl (C=O) groups is 1. The molecular weight excluding hydrogens is 458 g/mol. The van der Waals surface area contributed by atoms with Crippen LogP contribution in [-0.2, 0) is 4.79 Å². The Kier molecular flexibility index (Phi) is 5.69. The maximum atomic E-state index is 13.1. The van der Waals surface area contributed by atoms with Gasteiger partial charge in [0.05, 0.1) is 11.9 Å². The lowest BCUT2D eigenvalue weighted by Gasteiger charge is -2.33. The second-order valence-electron chi connectivity index (χ2n) is 9.67. The van der Waals surface area contributed by atoms with Crippen LogP contribution in [0.1, 0.15) is 36.3 Å². The van der Waals surface area contributed by atoms with Crippen molar-refractivity contribution in [3.05, 3.63) is 83.0 Å². The van der Waals surface area contributed by atoms with E-state index >= 15 is 0 Å². The van der Waals surface area contributed by atoms with Crippen LogP contribution in [0.3, 0.4) is 0 Å². The first-order valence-electron chi connectivity index (χ1n) is 12.3. The number of carbonyl (C=O) groups excluding carboxylic acids is 1.